The molecule has 5 nitrogen and oxygen atoms in total. The highest BCUT2D eigenvalue weighted by Gasteiger charge is 2.13. The molecule has 1 atom stereocenters. The van der Waals surface area contributed by atoms with Gasteiger partial charge < -0.3 is 20.7 Å². The molecule has 1 aliphatic rings. The number of urea groups is 1. The fourth-order valence-corrected chi connectivity index (χ4v) is 2.24. The quantitative estimate of drug-likeness (QED) is 0.761. The average molecular weight is 263 g/mol. The molecule has 5 heteroatoms. The Labute approximate surface area is 113 Å². The third kappa shape index (κ3) is 4.44. The molecule has 1 fully saturated rings. The zero-order valence-electron chi connectivity index (χ0n) is 11.2. The van der Waals surface area contributed by atoms with Crippen LogP contribution in [0.15, 0.2) is 24.3 Å². The van der Waals surface area contributed by atoms with Gasteiger partial charge in [-0.1, -0.05) is 6.07 Å². The van der Waals surface area contributed by atoms with Gasteiger partial charge in [-0.05, 0) is 37.9 Å². The standard InChI is InChI=1S/C14H21N3O2/c1-19-13-6-2-4-12(10-13)17-14(18)16-9-7-11-5-3-8-15-11/h2,4,6,10-11,15H,3,5,7-9H2,1H3,(H2,16,17,18). The Morgan fingerprint density at radius 1 is 1.53 bits per heavy atom. The second kappa shape index (κ2) is 6.99. The van der Waals surface area contributed by atoms with Crippen LogP contribution in [0.4, 0.5) is 10.5 Å². The van der Waals surface area contributed by atoms with Crippen LogP contribution in [-0.4, -0.2) is 32.3 Å². The van der Waals surface area contributed by atoms with Gasteiger partial charge in [0.15, 0.2) is 0 Å². The largest absolute Gasteiger partial charge is 0.497 e. The molecule has 104 valence electrons. The number of benzene rings is 1. The number of amides is 2. The molecule has 1 aromatic carbocycles. The maximum Gasteiger partial charge on any atom is 0.319 e. The van der Waals surface area contributed by atoms with Crippen LogP contribution in [-0.2, 0) is 0 Å². The van der Waals surface area contributed by atoms with Crippen LogP contribution < -0.4 is 20.7 Å². The average Bonchev–Trinajstić information content (AvgIpc) is 2.92. The SMILES string of the molecule is COc1cccc(NC(=O)NCCC2CCCN2)c1. The lowest BCUT2D eigenvalue weighted by molar-refractivity contribution is 0.251. The lowest BCUT2D eigenvalue weighted by Gasteiger charge is -2.11. The summed E-state index contributed by atoms with van der Waals surface area (Å²) < 4.78 is 5.11. The van der Waals surface area contributed by atoms with Crippen molar-refractivity contribution in [3.05, 3.63) is 24.3 Å². The molecule has 1 heterocycles. The highest BCUT2D eigenvalue weighted by molar-refractivity contribution is 5.89. The molecule has 3 N–H and O–H groups in total. The second-order valence-corrected chi connectivity index (χ2v) is 4.69. The number of nitrogens with one attached hydrogen (secondary N) is 3. The Bertz CT molecular complexity index is 417. The van der Waals surface area contributed by atoms with Gasteiger partial charge in [-0.25, -0.2) is 4.79 Å². The molecule has 0 aliphatic carbocycles. The first-order valence-electron chi connectivity index (χ1n) is 6.70. The van der Waals surface area contributed by atoms with Gasteiger partial charge in [-0.3, -0.25) is 0 Å². The minimum atomic E-state index is -0.175. The molecule has 0 spiro atoms. The van der Waals surface area contributed by atoms with Gasteiger partial charge in [0, 0.05) is 24.3 Å². The first-order chi connectivity index (χ1) is 9.28. The van der Waals surface area contributed by atoms with Crippen LogP contribution in [0.5, 0.6) is 5.75 Å². The summed E-state index contributed by atoms with van der Waals surface area (Å²) in [7, 11) is 1.60. The van der Waals surface area contributed by atoms with E-state index in [1.807, 2.05) is 18.2 Å². The summed E-state index contributed by atoms with van der Waals surface area (Å²) in [6, 6.07) is 7.69. The van der Waals surface area contributed by atoms with E-state index in [1.54, 1.807) is 13.2 Å². The van der Waals surface area contributed by atoms with E-state index in [4.69, 9.17) is 4.74 Å². The van der Waals surface area contributed by atoms with Gasteiger partial charge in [0.05, 0.1) is 7.11 Å². The number of hydrogen-bond acceptors (Lipinski definition) is 3. The molecule has 1 aliphatic heterocycles. The molecular formula is C14H21N3O2. The molecule has 0 saturated carbocycles. The van der Waals surface area contributed by atoms with E-state index in [9.17, 15) is 4.79 Å². The number of anilines is 1. The lowest BCUT2D eigenvalue weighted by atomic mass is 10.1. The van der Waals surface area contributed by atoms with Gasteiger partial charge in [-0.15, -0.1) is 0 Å². The van der Waals surface area contributed by atoms with E-state index < -0.39 is 0 Å². The van der Waals surface area contributed by atoms with E-state index in [0.29, 0.717) is 12.6 Å². The summed E-state index contributed by atoms with van der Waals surface area (Å²) in [6.07, 6.45) is 3.42. The van der Waals surface area contributed by atoms with Gasteiger partial charge in [-0.2, -0.15) is 0 Å². The Kier molecular flexibility index (Phi) is 5.03. The van der Waals surface area contributed by atoms with Gasteiger partial charge in [0.25, 0.3) is 0 Å². The summed E-state index contributed by atoms with van der Waals surface area (Å²) in [6.45, 7) is 1.79. The van der Waals surface area contributed by atoms with E-state index in [-0.39, 0.29) is 6.03 Å². The number of carbonyl (C=O) groups is 1. The van der Waals surface area contributed by atoms with Crippen LogP contribution >= 0.6 is 0 Å². The van der Waals surface area contributed by atoms with Crippen molar-refractivity contribution >= 4 is 11.7 Å². The number of rotatable bonds is 5. The molecule has 1 aromatic rings. The summed E-state index contributed by atoms with van der Waals surface area (Å²) in [5.41, 5.74) is 0.732. The topological polar surface area (TPSA) is 62.4 Å². The molecular weight excluding hydrogens is 242 g/mol. The van der Waals surface area contributed by atoms with Gasteiger partial charge >= 0.3 is 6.03 Å². The highest BCUT2D eigenvalue weighted by atomic mass is 16.5. The monoisotopic (exact) mass is 263 g/mol. The van der Waals surface area contributed by atoms with E-state index in [2.05, 4.69) is 16.0 Å². The van der Waals surface area contributed by atoms with Crippen molar-refractivity contribution in [3.63, 3.8) is 0 Å². The zero-order chi connectivity index (χ0) is 13.5. The lowest BCUT2D eigenvalue weighted by Crippen LogP contribution is -2.33. The van der Waals surface area contributed by atoms with Crippen LogP contribution in [0.3, 0.4) is 0 Å². The van der Waals surface area contributed by atoms with Crippen molar-refractivity contribution in [2.45, 2.75) is 25.3 Å². The van der Waals surface area contributed by atoms with Gasteiger partial charge in [0.2, 0.25) is 0 Å². The summed E-state index contributed by atoms with van der Waals surface area (Å²) in [4.78, 5) is 11.7. The van der Waals surface area contributed by atoms with Crippen molar-refractivity contribution in [3.8, 4) is 5.75 Å². The Hall–Kier alpha value is -1.75. The van der Waals surface area contributed by atoms with Crippen LogP contribution in [0.2, 0.25) is 0 Å². The number of methoxy groups -OCH3 is 1. The highest BCUT2D eigenvalue weighted by Crippen LogP contribution is 2.16. The van der Waals surface area contributed by atoms with Crippen LogP contribution in [0.1, 0.15) is 19.3 Å². The van der Waals surface area contributed by atoms with E-state index in [0.717, 1.165) is 24.4 Å². The predicted molar refractivity (Wildman–Crippen MR) is 75.7 cm³/mol. The molecule has 2 rings (SSSR count). The first kappa shape index (κ1) is 13.7. The maximum atomic E-state index is 11.7. The summed E-state index contributed by atoms with van der Waals surface area (Å²) >= 11 is 0. The molecule has 2 amide bonds. The summed E-state index contributed by atoms with van der Waals surface area (Å²) in [5, 5.41) is 9.06. The van der Waals surface area contributed by atoms with Crippen molar-refractivity contribution in [1.82, 2.24) is 10.6 Å². The molecule has 0 bridgehead atoms. The molecule has 0 aromatic heterocycles. The fraction of sp³-hybridized carbons (Fsp3) is 0.500. The van der Waals surface area contributed by atoms with Crippen LogP contribution in [0, 0.1) is 0 Å². The van der Waals surface area contributed by atoms with Crippen molar-refractivity contribution < 1.29 is 9.53 Å². The Morgan fingerprint density at radius 3 is 3.16 bits per heavy atom. The molecule has 19 heavy (non-hydrogen) atoms. The van der Waals surface area contributed by atoms with Crippen molar-refractivity contribution in [2.24, 2.45) is 0 Å². The fourth-order valence-electron chi connectivity index (χ4n) is 2.24. The van der Waals surface area contributed by atoms with E-state index >= 15 is 0 Å². The van der Waals surface area contributed by atoms with E-state index in [1.165, 1.54) is 12.8 Å². The number of carbonyl (C=O) groups excluding carboxylic acids is 1. The minimum absolute atomic E-state index is 0.175. The van der Waals surface area contributed by atoms with Crippen molar-refractivity contribution in [1.29, 1.82) is 0 Å². The smallest absolute Gasteiger partial charge is 0.319 e. The molecule has 0 radical (unpaired) electrons. The first-order valence-corrected chi connectivity index (χ1v) is 6.70. The zero-order valence-corrected chi connectivity index (χ0v) is 11.2. The minimum Gasteiger partial charge on any atom is -0.497 e. The molecule has 1 unspecified atom stereocenters. The number of ether oxygens (including phenoxy) is 1. The maximum absolute atomic E-state index is 11.7. The predicted octanol–water partition coefficient (Wildman–Crippen LogP) is 1.96. The van der Waals surface area contributed by atoms with Gasteiger partial charge in [0.1, 0.15) is 5.75 Å². The second-order valence-electron chi connectivity index (χ2n) is 4.69. The van der Waals surface area contributed by atoms with Crippen molar-refractivity contribution in [2.75, 3.05) is 25.5 Å². The Balaban J connectivity index is 1.70. The third-order valence-electron chi connectivity index (χ3n) is 3.27. The number of hydrogen-bond donors (Lipinski definition) is 3. The third-order valence-corrected chi connectivity index (χ3v) is 3.27. The Morgan fingerprint density at radius 2 is 2.42 bits per heavy atom. The molecule has 1 saturated heterocycles. The summed E-state index contributed by atoms with van der Waals surface area (Å²) in [5.74, 6) is 0.730. The normalized spacial score (nSPS) is 18.1. The van der Waals surface area contributed by atoms with Crippen LogP contribution in [0.25, 0.3) is 0 Å².